The number of rotatable bonds is 16. The maximum Gasteiger partial charge on any atom is 0.314 e. The second-order valence-corrected chi connectivity index (χ2v) is 12.7. The Morgan fingerprint density at radius 2 is 1.04 bits per heavy atom. The van der Waals surface area contributed by atoms with Crippen molar-refractivity contribution in [1.82, 2.24) is 0 Å². The molecule has 2 heterocycles. The molecule has 9 nitrogen and oxygen atoms in total. The van der Waals surface area contributed by atoms with E-state index >= 15 is 0 Å². The van der Waals surface area contributed by atoms with Crippen molar-refractivity contribution in [2.75, 3.05) is 33.5 Å². The average molecular weight is 803 g/mol. The summed E-state index contributed by atoms with van der Waals surface area (Å²) in [7, 11) is 1.66. The quantitative estimate of drug-likeness (QED) is 0.0929. The molecule has 56 heavy (non-hydrogen) atoms. The zero-order chi connectivity index (χ0) is 33.0. The molecule has 0 radical (unpaired) electrons. The summed E-state index contributed by atoms with van der Waals surface area (Å²) in [5, 5.41) is 0. The van der Waals surface area contributed by atoms with E-state index in [0.29, 0.717) is 38.4 Å². The van der Waals surface area contributed by atoms with E-state index in [1.807, 2.05) is 45.9 Å². The minimum absolute atomic E-state index is 0. The zero-order valence-electron chi connectivity index (χ0n) is 27.8. The SMILES string of the molecule is C.C.C.C.C.C.C.C.C.C.C.CCC(C)(CC(C)C(=O)Oc1ccccc1)C(=O)OCC1CO1.CCC(C)(CC(C)c1ccc(OC)cc1)C(=O)OCC1CO1. The fourth-order valence-electron chi connectivity index (χ4n) is 4.95. The number of ether oxygens (including phenoxy) is 6. The normalized spacial score (nSPS) is 16.5. The number of para-hydroxylation sites is 1. The molecule has 4 rings (SSSR count). The molecule has 0 N–H and O–H groups in total. The van der Waals surface area contributed by atoms with Crippen molar-refractivity contribution in [3.8, 4) is 11.5 Å². The molecule has 9 heteroatoms. The summed E-state index contributed by atoms with van der Waals surface area (Å²) < 4.78 is 31.4. The van der Waals surface area contributed by atoms with Crippen molar-refractivity contribution >= 4 is 17.9 Å². The molecule has 2 aromatic carbocycles. The Balaban J connectivity index is -0.0000000943. The molecule has 0 aliphatic carbocycles. The van der Waals surface area contributed by atoms with Crippen molar-refractivity contribution in [2.45, 2.75) is 167 Å². The Morgan fingerprint density at radius 1 is 0.643 bits per heavy atom. The fraction of sp³-hybridized carbons (Fsp3) is 0.681. The summed E-state index contributed by atoms with van der Waals surface area (Å²) >= 11 is 0. The van der Waals surface area contributed by atoms with Crippen molar-refractivity contribution in [1.29, 1.82) is 0 Å². The predicted molar refractivity (Wildman–Crippen MR) is 244 cm³/mol. The Labute approximate surface area is 348 Å². The highest BCUT2D eigenvalue weighted by Gasteiger charge is 2.39. The lowest BCUT2D eigenvalue weighted by molar-refractivity contribution is -0.158. The number of hydrogen-bond donors (Lipinski definition) is 0. The van der Waals surface area contributed by atoms with Gasteiger partial charge in [-0.15, -0.1) is 0 Å². The molecule has 2 aliphatic heterocycles. The van der Waals surface area contributed by atoms with Crippen molar-refractivity contribution in [2.24, 2.45) is 16.7 Å². The second kappa shape index (κ2) is 34.8. The van der Waals surface area contributed by atoms with Crippen molar-refractivity contribution in [3.63, 3.8) is 0 Å². The van der Waals surface area contributed by atoms with Gasteiger partial charge in [-0.3, -0.25) is 14.4 Å². The molecule has 2 saturated heterocycles. The molecule has 0 spiro atoms. The Hall–Kier alpha value is -3.43. The van der Waals surface area contributed by atoms with Crippen LogP contribution in [-0.2, 0) is 33.3 Å². The second-order valence-electron chi connectivity index (χ2n) is 12.7. The lowest BCUT2D eigenvalue weighted by Crippen LogP contribution is -2.34. The van der Waals surface area contributed by atoms with Crippen LogP contribution in [0.5, 0.6) is 11.5 Å². The highest BCUT2D eigenvalue weighted by atomic mass is 16.6. The summed E-state index contributed by atoms with van der Waals surface area (Å²) in [5.74, 6) is 0.495. The van der Waals surface area contributed by atoms with Gasteiger partial charge in [-0.2, -0.15) is 0 Å². The largest absolute Gasteiger partial charge is 0.497 e. The van der Waals surface area contributed by atoms with Gasteiger partial charge in [0.1, 0.15) is 36.9 Å². The fourth-order valence-corrected chi connectivity index (χ4v) is 4.95. The van der Waals surface area contributed by atoms with E-state index in [4.69, 9.17) is 28.4 Å². The van der Waals surface area contributed by atoms with Crippen molar-refractivity contribution < 1.29 is 42.8 Å². The van der Waals surface area contributed by atoms with Gasteiger partial charge < -0.3 is 28.4 Å². The molecule has 2 fully saturated rings. The lowest BCUT2D eigenvalue weighted by Gasteiger charge is -2.29. The monoisotopic (exact) mass is 803 g/mol. The first kappa shape index (κ1) is 73.6. The minimum Gasteiger partial charge on any atom is -0.497 e. The molecule has 6 atom stereocenters. The standard InChI is InChI=1S/C18H24O5.C18H26O4.11CH4/c1-4-18(3,17(20)22-12-15-11-21-15)10-13(2)16(19)23-14-8-6-5-7-9-14;1-5-18(3,17(19)22-12-16-11-21-16)10-13(2)14-6-8-15(20-4)9-7-14;;;;;;;;;;;/h5-9,13,15H,4,10-12H2,1-3H3;6-9,13,16H,5,10-12H2,1-4H3;11*1H4. The topological polar surface area (TPSA) is 113 Å². The van der Waals surface area contributed by atoms with Gasteiger partial charge in [-0.25, -0.2) is 0 Å². The molecule has 2 aliphatic rings. The predicted octanol–water partition coefficient (Wildman–Crippen LogP) is 13.5. The van der Waals surface area contributed by atoms with Crippen LogP contribution in [0.3, 0.4) is 0 Å². The molecule has 0 saturated carbocycles. The molecule has 0 bridgehead atoms. The summed E-state index contributed by atoms with van der Waals surface area (Å²) in [6, 6.07) is 17.0. The first-order valence-electron chi connectivity index (χ1n) is 15.9. The van der Waals surface area contributed by atoms with Crippen LogP contribution in [0.25, 0.3) is 0 Å². The number of carbonyl (C=O) groups excluding carboxylic acids is 3. The third kappa shape index (κ3) is 23.6. The number of methoxy groups -OCH3 is 1. The van der Waals surface area contributed by atoms with E-state index in [9.17, 15) is 14.4 Å². The summed E-state index contributed by atoms with van der Waals surface area (Å²) in [6.07, 6.45) is 2.67. The van der Waals surface area contributed by atoms with Gasteiger partial charge in [0.15, 0.2) is 0 Å². The van der Waals surface area contributed by atoms with Crippen LogP contribution in [0.15, 0.2) is 54.6 Å². The molecule has 2 aromatic rings. The first-order valence-corrected chi connectivity index (χ1v) is 15.9. The third-order valence-corrected chi connectivity index (χ3v) is 8.71. The van der Waals surface area contributed by atoms with Gasteiger partial charge in [-0.1, -0.05) is 140 Å². The summed E-state index contributed by atoms with van der Waals surface area (Å²) in [6.45, 7) is 13.7. The van der Waals surface area contributed by atoms with Crippen LogP contribution in [0.4, 0.5) is 0 Å². The van der Waals surface area contributed by atoms with E-state index in [2.05, 4.69) is 19.1 Å². The van der Waals surface area contributed by atoms with Crippen LogP contribution >= 0.6 is 0 Å². The molecule has 6 unspecified atom stereocenters. The maximum absolute atomic E-state index is 12.4. The molecule has 0 amide bonds. The summed E-state index contributed by atoms with van der Waals surface area (Å²) in [4.78, 5) is 36.9. The zero-order valence-corrected chi connectivity index (χ0v) is 27.8. The number of hydrogen-bond acceptors (Lipinski definition) is 9. The van der Waals surface area contributed by atoms with Gasteiger partial charge in [-0.05, 0) is 75.3 Å². The van der Waals surface area contributed by atoms with Crippen LogP contribution in [0, 0.1) is 16.7 Å². The van der Waals surface area contributed by atoms with Crippen LogP contribution < -0.4 is 9.47 Å². The maximum atomic E-state index is 12.4. The Kier molecular flexibility index (Phi) is 45.8. The molecule has 336 valence electrons. The highest BCUT2D eigenvalue weighted by Crippen LogP contribution is 2.36. The van der Waals surface area contributed by atoms with Gasteiger partial charge in [0.25, 0.3) is 0 Å². The number of epoxide rings is 2. The van der Waals surface area contributed by atoms with E-state index in [0.717, 1.165) is 18.6 Å². The molecule has 0 aromatic heterocycles. The van der Waals surface area contributed by atoms with Gasteiger partial charge in [0, 0.05) is 0 Å². The van der Waals surface area contributed by atoms with Crippen LogP contribution in [0.2, 0.25) is 0 Å². The smallest absolute Gasteiger partial charge is 0.314 e. The molecular weight excluding hydrogens is 709 g/mol. The Morgan fingerprint density at radius 3 is 1.39 bits per heavy atom. The molecular formula is C47H94O9. The summed E-state index contributed by atoms with van der Waals surface area (Å²) in [5.41, 5.74) is 0.0388. The highest BCUT2D eigenvalue weighted by molar-refractivity contribution is 5.79. The van der Waals surface area contributed by atoms with E-state index in [-0.39, 0.29) is 124 Å². The number of esters is 3. The van der Waals surface area contributed by atoms with E-state index < -0.39 is 16.7 Å². The first-order chi connectivity index (χ1) is 21.4. The van der Waals surface area contributed by atoms with Crippen LogP contribution in [0.1, 0.15) is 160 Å². The van der Waals surface area contributed by atoms with Gasteiger partial charge in [0.05, 0.1) is 37.1 Å². The number of benzene rings is 2. The van der Waals surface area contributed by atoms with Crippen LogP contribution in [-0.4, -0.2) is 63.7 Å². The third-order valence-electron chi connectivity index (χ3n) is 8.71. The lowest BCUT2D eigenvalue weighted by atomic mass is 9.77. The van der Waals surface area contributed by atoms with Crippen molar-refractivity contribution in [3.05, 3.63) is 60.2 Å². The van der Waals surface area contributed by atoms with Gasteiger partial charge >= 0.3 is 17.9 Å². The minimum atomic E-state index is -0.704. The van der Waals surface area contributed by atoms with E-state index in [1.54, 1.807) is 38.3 Å². The van der Waals surface area contributed by atoms with Gasteiger partial charge in [0.2, 0.25) is 0 Å². The number of carbonyl (C=O) groups is 3. The van der Waals surface area contributed by atoms with E-state index in [1.165, 1.54) is 5.56 Å². The average Bonchev–Trinajstić information content (AvgIpc) is 3.99. The Bertz CT molecular complexity index is 1230.